The number of carboxylic acid groups (broad SMARTS) is 1. The molecule has 0 saturated carbocycles. The number of hydrogen-bond acceptors (Lipinski definition) is 3. The van der Waals surface area contributed by atoms with E-state index in [9.17, 15) is 9.90 Å². The van der Waals surface area contributed by atoms with Gasteiger partial charge in [0.15, 0.2) is 0 Å². The van der Waals surface area contributed by atoms with Crippen molar-refractivity contribution in [3.8, 4) is 5.75 Å². The molecule has 5 heteroatoms. The Morgan fingerprint density at radius 1 is 1.27 bits per heavy atom. The molecule has 0 amide bonds. The highest BCUT2D eigenvalue weighted by Gasteiger charge is 2.32. The number of rotatable bonds is 6. The first-order valence-corrected chi connectivity index (χ1v) is 9.42. The Hall–Kier alpha value is -2.04. The summed E-state index contributed by atoms with van der Waals surface area (Å²) in [4.78, 5) is 13.8. The van der Waals surface area contributed by atoms with Gasteiger partial charge < -0.3 is 9.84 Å². The minimum Gasteiger partial charge on any atom is -0.494 e. The Morgan fingerprint density at radius 3 is 2.69 bits per heavy atom. The van der Waals surface area contributed by atoms with Gasteiger partial charge in [-0.2, -0.15) is 0 Å². The number of halogens is 1. The molecule has 2 atom stereocenters. The van der Waals surface area contributed by atoms with Crippen LogP contribution in [-0.2, 0) is 4.79 Å². The maximum Gasteiger partial charge on any atom is 0.307 e. The van der Waals surface area contributed by atoms with Crippen LogP contribution in [0.4, 0.5) is 0 Å². The van der Waals surface area contributed by atoms with Crippen LogP contribution < -0.4 is 4.74 Å². The summed E-state index contributed by atoms with van der Waals surface area (Å²) in [6.45, 7) is 3.94. The molecule has 0 radical (unpaired) electrons. The van der Waals surface area contributed by atoms with Gasteiger partial charge in [-0.3, -0.25) is 9.69 Å². The highest BCUT2D eigenvalue weighted by Crippen LogP contribution is 2.37. The maximum absolute atomic E-state index is 11.5. The molecule has 0 bridgehead atoms. The number of carboxylic acids is 1. The first kappa shape index (κ1) is 18.7. The number of ether oxygens (including phenoxy) is 1. The minimum absolute atomic E-state index is 0.0582. The van der Waals surface area contributed by atoms with Crippen molar-refractivity contribution in [3.05, 3.63) is 64.7 Å². The summed E-state index contributed by atoms with van der Waals surface area (Å²) in [5.74, 6) is -0.215. The molecule has 1 saturated heterocycles. The topological polar surface area (TPSA) is 49.8 Å². The second-order valence-electron chi connectivity index (χ2n) is 6.60. The molecule has 1 fully saturated rings. The van der Waals surface area contributed by atoms with E-state index in [2.05, 4.69) is 11.0 Å². The third-order valence-corrected chi connectivity index (χ3v) is 5.12. The van der Waals surface area contributed by atoms with Crippen molar-refractivity contribution in [1.82, 2.24) is 4.90 Å². The molecule has 1 aliphatic rings. The third kappa shape index (κ3) is 4.19. The van der Waals surface area contributed by atoms with Crippen molar-refractivity contribution in [3.63, 3.8) is 0 Å². The summed E-state index contributed by atoms with van der Waals surface area (Å²) in [6.07, 6.45) is 1.60. The van der Waals surface area contributed by atoms with Gasteiger partial charge in [-0.25, -0.2) is 0 Å². The normalized spacial score (nSPS) is 19.1. The fourth-order valence-corrected chi connectivity index (χ4v) is 3.79. The zero-order chi connectivity index (χ0) is 18.5. The molecule has 1 aliphatic heterocycles. The number of para-hydroxylation sites is 1. The molecule has 0 spiro atoms. The highest BCUT2D eigenvalue weighted by atomic mass is 35.5. The summed E-state index contributed by atoms with van der Waals surface area (Å²) in [5, 5.41) is 10.2. The second-order valence-corrected chi connectivity index (χ2v) is 7.03. The molecule has 1 N–H and O–H groups in total. The van der Waals surface area contributed by atoms with E-state index in [0.29, 0.717) is 18.2 Å². The van der Waals surface area contributed by atoms with Crippen LogP contribution in [-0.4, -0.2) is 35.7 Å². The zero-order valence-electron chi connectivity index (χ0n) is 14.9. The Kier molecular flexibility index (Phi) is 6.17. The first-order chi connectivity index (χ1) is 12.6. The lowest BCUT2D eigenvalue weighted by atomic mass is 9.91. The number of hydrogen-bond donors (Lipinski definition) is 1. The molecule has 1 heterocycles. The van der Waals surface area contributed by atoms with E-state index >= 15 is 0 Å². The minimum atomic E-state index is -0.720. The molecule has 2 aromatic rings. The van der Waals surface area contributed by atoms with Crippen molar-refractivity contribution in [1.29, 1.82) is 0 Å². The average Bonchev–Trinajstić information content (AvgIpc) is 2.65. The highest BCUT2D eigenvalue weighted by molar-refractivity contribution is 6.30. The van der Waals surface area contributed by atoms with Gasteiger partial charge in [-0.15, -0.1) is 0 Å². The molecule has 2 unspecified atom stereocenters. The lowest BCUT2D eigenvalue weighted by Crippen LogP contribution is -2.41. The molecule has 2 aromatic carbocycles. The Morgan fingerprint density at radius 2 is 2.00 bits per heavy atom. The summed E-state index contributed by atoms with van der Waals surface area (Å²) in [7, 11) is 0. The van der Waals surface area contributed by atoms with E-state index in [-0.39, 0.29) is 12.0 Å². The van der Waals surface area contributed by atoms with Crippen LogP contribution in [0.25, 0.3) is 0 Å². The number of aliphatic carboxylic acids is 1. The molecular weight excluding hydrogens is 350 g/mol. The van der Waals surface area contributed by atoms with Crippen LogP contribution in [0.1, 0.15) is 36.9 Å². The van der Waals surface area contributed by atoms with E-state index in [4.69, 9.17) is 16.3 Å². The molecule has 0 aromatic heterocycles. The number of likely N-dealkylation sites (tertiary alicyclic amines) is 1. The first-order valence-electron chi connectivity index (χ1n) is 9.04. The Balaban J connectivity index is 2.02. The van der Waals surface area contributed by atoms with E-state index in [1.54, 1.807) is 0 Å². The van der Waals surface area contributed by atoms with Gasteiger partial charge in [0.1, 0.15) is 5.75 Å². The molecule has 4 nitrogen and oxygen atoms in total. The number of piperidine rings is 1. The second kappa shape index (κ2) is 8.56. The predicted molar refractivity (Wildman–Crippen MR) is 103 cm³/mol. The van der Waals surface area contributed by atoms with Crippen LogP contribution in [0, 0.1) is 5.92 Å². The lowest BCUT2D eigenvalue weighted by molar-refractivity contribution is -0.143. The largest absolute Gasteiger partial charge is 0.494 e. The standard InChI is InChI=1S/C21H24ClNO3/c1-2-26-19-8-4-3-7-18(19)20(15-9-11-17(22)12-10-15)23-13-5-6-16(14-23)21(24)25/h3-4,7-12,16,20H,2,5-6,13-14H2,1H3,(H,24,25). The molecule has 138 valence electrons. The van der Waals surface area contributed by atoms with Gasteiger partial charge in [0, 0.05) is 17.1 Å². The Labute approximate surface area is 159 Å². The lowest BCUT2D eigenvalue weighted by Gasteiger charge is -2.38. The maximum atomic E-state index is 11.5. The quantitative estimate of drug-likeness (QED) is 0.802. The van der Waals surface area contributed by atoms with Crippen LogP contribution in [0.15, 0.2) is 48.5 Å². The van der Waals surface area contributed by atoms with E-state index in [0.717, 1.165) is 36.3 Å². The van der Waals surface area contributed by atoms with Crippen molar-refractivity contribution in [2.75, 3.05) is 19.7 Å². The van der Waals surface area contributed by atoms with Crippen molar-refractivity contribution in [2.24, 2.45) is 5.92 Å². The summed E-state index contributed by atoms with van der Waals surface area (Å²) < 4.78 is 5.86. The van der Waals surface area contributed by atoms with Gasteiger partial charge in [0.25, 0.3) is 0 Å². The van der Waals surface area contributed by atoms with Gasteiger partial charge in [-0.05, 0) is 50.1 Å². The molecule has 3 rings (SSSR count). The van der Waals surface area contributed by atoms with Crippen molar-refractivity contribution >= 4 is 17.6 Å². The van der Waals surface area contributed by atoms with E-state index in [1.165, 1.54) is 0 Å². The van der Waals surface area contributed by atoms with E-state index < -0.39 is 5.97 Å². The van der Waals surface area contributed by atoms with Crippen LogP contribution in [0.5, 0.6) is 5.75 Å². The summed E-state index contributed by atoms with van der Waals surface area (Å²) in [5.41, 5.74) is 2.15. The van der Waals surface area contributed by atoms with Gasteiger partial charge in [0.2, 0.25) is 0 Å². The monoisotopic (exact) mass is 373 g/mol. The number of nitrogens with zero attached hydrogens (tertiary/aromatic N) is 1. The third-order valence-electron chi connectivity index (χ3n) is 4.87. The summed E-state index contributed by atoms with van der Waals surface area (Å²) in [6, 6.07) is 15.7. The molecule has 26 heavy (non-hydrogen) atoms. The van der Waals surface area contributed by atoms with Gasteiger partial charge in [-0.1, -0.05) is 41.9 Å². The molecular formula is C21H24ClNO3. The van der Waals surface area contributed by atoms with E-state index in [1.807, 2.05) is 49.4 Å². The van der Waals surface area contributed by atoms with Crippen LogP contribution >= 0.6 is 11.6 Å². The fraction of sp³-hybridized carbons (Fsp3) is 0.381. The van der Waals surface area contributed by atoms with Crippen molar-refractivity contribution in [2.45, 2.75) is 25.8 Å². The van der Waals surface area contributed by atoms with Crippen molar-refractivity contribution < 1.29 is 14.6 Å². The Bertz CT molecular complexity index is 747. The number of benzene rings is 2. The van der Waals surface area contributed by atoms with Gasteiger partial charge in [0.05, 0.1) is 18.6 Å². The van der Waals surface area contributed by atoms with Gasteiger partial charge >= 0.3 is 5.97 Å². The molecule has 0 aliphatic carbocycles. The summed E-state index contributed by atoms with van der Waals surface area (Å²) >= 11 is 6.08. The smallest absolute Gasteiger partial charge is 0.307 e. The SMILES string of the molecule is CCOc1ccccc1C(c1ccc(Cl)cc1)N1CCCC(C(=O)O)C1. The van der Waals surface area contributed by atoms with Crippen LogP contribution in [0.3, 0.4) is 0 Å². The number of carbonyl (C=O) groups is 1. The zero-order valence-corrected chi connectivity index (χ0v) is 15.7. The predicted octanol–water partition coefficient (Wildman–Crippen LogP) is 4.62. The fourth-order valence-electron chi connectivity index (χ4n) is 3.67. The van der Waals surface area contributed by atoms with Crippen LogP contribution in [0.2, 0.25) is 5.02 Å². The average molecular weight is 374 g/mol.